The van der Waals surface area contributed by atoms with Crippen molar-refractivity contribution in [2.24, 2.45) is 5.73 Å². The highest BCUT2D eigenvalue weighted by molar-refractivity contribution is 6.31. The SMILES string of the molecule is COC1(C(N)c2ccc(C)c(Cl)c2)CCC1. The third-order valence-corrected chi connectivity index (χ3v) is 4.14. The molecule has 1 aliphatic rings. The highest BCUT2D eigenvalue weighted by Gasteiger charge is 2.43. The van der Waals surface area contributed by atoms with Crippen LogP contribution in [0.4, 0.5) is 0 Å². The molecule has 2 nitrogen and oxygen atoms in total. The van der Waals surface area contributed by atoms with E-state index in [1.165, 1.54) is 6.42 Å². The Hall–Kier alpha value is -0.570. The van der Waals surface area contributed by atoms with E-state index >= 15 is 0 Å². The molecule has 16 heavy (non-hydrogen) atoms. The van der Waals surface area contributed by atoms with Crippen molar-refractivity contribution < 1.29 is 4.74 Å². The van der Waals surface area contributed by atoms with Gasteiger partial charge in [0.05, 0.1) is 11.6 Å². The number of ether oxygens (including phenoxy) is 1. The number of rotatable bonds is 3. The molecular formula is C13H18ClNO. The molecule has 1 aromatic rings. The standard InChI is InChI=1S/C13H18ClNO/c1-9-4-5-10(8-11(9)14)12(15)13(16-2)6-3-7-13/h4-5,8,12H,3,6-7,15H2,1-2H3. The molecule has 3 heteroatoms. The molecule has 1 aromatic carbocycles. The topological polar surface area (TPSA) is 35.2 Å². The molecule has 0 spiro atoms. The second-order valence-corrected chi connectivity index (χ2v) is 5.02. The van der Waals surface area contributed by atoms with Gasteiger partial charge in [0.1, 0.15) is 0 Å². The molecule has 0 saturated heterocycles. The Morgan fingerprint density at radius 2 is 2.12 bits per heavy atom. The van der Waals surface area contributed by atoms with Crippen molar-refractivity contribution in [3.63, 3.8) is 0 Å². The molecule has 0 amide bonds. The van der Waals surface area contributed by atoms with Gasteiger partial charge in [0, 0.05) is 12.1 Å². The van der Waals surface area contributed by atoms with Crippen LogP contribution in [0.2, 0.25) is 5.02 Å². The van der Waals surface area contributed by atoms with E-state index in [0.717, 1.165) is 29.0 Å². The van der Waals surface area contributed by atoms with Crippen LogP contribution in [-0.4, -0.2) is 12.7 Å². The molecule has 1 atom stereocenters. The minimum absolute atomic E-state index is 0.0793. The van der Waals surface area contributed by atoms with Gasteiger partial charge >= 0.3 is 0 Å². The van der Waals surface area contributed by atoms with E-state index < -0.39 is 0 Å². The Balaban J connectivity index is 2.26. The summed E-state index contributed by atoms with van der Waals surface area (Å²) in [5.74, 6) is 0. The Labute approximate surface area is 102 Å². The summed E-state index contributed by atoms with van der Waals surface area (Å²) in [5, 5.41) is 0.776. The smallest absolute Gasteiger partial charge is 0.0870 e. The Morgan fingerprint density at radius 1 is 1.44 bits per heavy atom. The van der Waals surface area contributed by atoms with E-state index in [2.05, 4.69) is 0 Å². The first-order valence-corrected chi connectivity index (χ1v) is 6.04. The lowest BCUT2D eigenvalue weighted by Gasteiger charge is -2.45. The van der Waals surface area contributed by atoms with Gasteiger partial charge in [-0.25, -0.2) is 0 Å². The molecule has 0 radical (unpaired) electrons. The lowest BCUT2D eigenvalue weighted by atomic mass is 9.72. The van der Waals surface area contributed by atoms with Crippen LogP contribution in [0, 0.1) is 6.92 Å². The van der Waals surface area contributed by atoms with E-state index in [0.29, 0.717) is 0 Å². The lowest BCUT2D eigenvalue weighted by molar-refractivity contribution is -0.0911. The van der Waals surface area contributed by atoms with Crippen LogP contribution in [0.25, 0.3) is 0 Å². The van der Waals surface area contributed by atoms with Gasteiger partial charge in [0.25, 0.3) is 0 Å². The van der Waals surface area contributed by atoms with E-state index in [4.69, 9.17) is 22.1 Å². The molecule has 2 N–H and O–H groups in total. The number of aryl methyl sites for hydroxylation is 1. The van der Waals surface area contributed by atoms with Gasteiger partial charge in [-0.15, -0.1) is 0 Å². The van der Waals surface area contributed by atoms with Crippen molar-refractivity contribution >= 4 is 11.6 Å². The van der Waals surface area contributed by atoms with E-state index in [1.54, 1.807) is 7.11 Å². The Morgan fingerprint density at radius 3 is 2.56 bits per heavy atom. The summed E-state index contributed by atoms with van der Waals surface area (Å²) in [6.07, 6.45) is 3.27. The van der Waals surface area contributed by atoms with Crippen LogP contribution in [-0.2, 0) is 4.74 Å². The Bertz CT molecular complexity index is 382. The summed E-state index contributed by atoms with van der Waals surface area (Å²) in [6, 6.07) is 5.94. The molecule has 1 unspecified atom stereocenters. The van der Waals surface area contributed by atoms with Crippen LogP contribution in [0.15, 0.2) is 18.2 Å². The third-order valence-electron chi connectivity index (χ3n) is 3.73. The number of benzene rings is 1. The molecule has 0 aromatic heterocycles. The first-order chi connectivity index (χ1) is 7.59. The quantitative estimate of drug-likeness (QED) is 0.879. The van der Waals surface area contributed by atoms with Crippen molar-refractivity contribution in [2.45, 2.75) is 37.8 Å². The minimum atomic E-state index is -0.168. The van der Waals surface area contributed by atoms with Crippen molar-refractivity contribution in [1.82, 2.24) is 0 Å². The lowest BCUT2D eigenvalue weighted by Crippen LogP contribution is -2.48. The predicted octanol–water partition coefficient (Wildman–Crippen LogP) is 3.22. The normalized spacial score (nSPS) is 20.2. The molecule has 0 heterocycles. The monoisotopic (exact) mass is 239 g/mol. The summed E-state index contributed by atoms with van der Waals surface area (Å²) in [5.41, 5.74) is 8.26. The van der Waals surface area contributed by atoms with Crippen molar-refractivity contribution in [3.05, 3.63) is 34.3 Å². The second kappa shape index (κ2) is 4.36. The van der Waals surface area contributed by atoms with Gasteiger partial charge in [0.2, 0.25) is 0 Å². The third kappa shape index (κ3) is 1.86. The molecule has 88 valence electrons. The Kier molecular flexibility index (Phi) is 3.24. The molecule has 2 rings (SSSR count). The number of methoxy groups -OCH3 is 1. The average Bonchev–Trinajstić information content (AvgIpc) is 2.21. The first-order valence-electron chi connectivity index (χ1n) is 5.66. The van der Waals surface area contributed by atoms with Crippen molar-refractivity contribution in [3.8, 4) is 0 Å². The fourth-order valence-corrected chi connectivity index (χ4v) is 2.46. The summed E-state index contributed by atoms with van der Waals surface area (Å²) in [6.45, 7) is 1.99. The highest BCUT2D eigenvalue weighted by atomic mass is 35.5. The molecule has 1 fully saturated rings. The van der Waals surface area contributed by atoms with Gasteiger partial charge in [-0.3, -0.25) is 0 Å². The number of hydrogen-bond donors (Lipinski definition) is 1. The highest BCUT2D eigenvalue weighted by Crippen LogP contribution is 2.43. The van der Waals surface area contributed by atoms with Gasteiger partial charge in [-0.2, -0.15) is 0 Å². The van der Waals surface area contributed by atoms with E-state index in [-0.39, 0.29) is 11.6 Å². The summed E-state index contributed by atoms with van der Waals surface area (Å²) in [4.78, 5) is 0. The van der Waals surface area contributed by atoms with Gasteiger partial charge in [-0.1, -0.05) is 23.7 Å². The largest absolute Gasteiger partial charge is 0.376 e. The zero-order valence-electron chi connectivity index (χ0n) is 9.79. The summed E-state index contributed by atoms with van der Waals surface area (Å²) >= 11 is 6.12. The van der Waals surface area contributed by atoms with E-state index in [1.807, 2.05) is 25.1 Å². The maximum Gasteiger partial charge on any atom is 0.0870 e. The average molecular weight is 240 g/mol. The number of hydrogen-bond acceptors (Lipinski definition) is 2. The van der Waals surface area contributed by atoms with Gasteiger partial charge < -0.3 is 10.5 Å². The predicted molar refractivity (Wildman–Crippen MR) is 66.7 cm³/mol. The zero-order valence-corrected chi connectivity index (χ0v) is 10.6. The summed E-state index contributed by atoms with van der Waals surface area (Å²) < 4.78 is 5.59. The van der Waals surface area contributed by atoms with Crippen molar-refractivity contribution in [2.75, 3.05) is 7.11 Å². The molecular weight excluding hydrogens is 222 g/mol. The zero-order chi connectivity index (χ0) is 11.8. The molecule has 1 aliphatic carbocycles. The summed E-state index contributed by atoms with van der Waals surface area (Å²) in [7, 11) is 1.74. The molecule has 1 saturated carbocycles. The van der Waals surface area contributed by atoms with Crippen molar-refractivity contribution in [1.29, 1.82) is 0 Å². The number of nitrogens with two attached hydrogens (primary N) is 1. The maximum absolute atomic E-state index is 6.28. The fraction of sp³-hybridized carbons (Fsp3) is 0.538. The molecule has 0 bridgehead atoms. The second-order valence-electron chi connectivity index (χ2n) is 4.61. The van der Waals surface area contributed by atoms with Crippen LogP contribution in [0.5, 0.6) is 0 Å². The van der Waals surface area contributed by atoms with Crippen LogP contribution >= 0.6 is 11.6 Å². The molecule has 0 aliphatic heterocycles. The van der Waals surface area contributed by atoms with Crippen LogP contribution in [0.3, 0.4) is 0 Å². The van der Waals surface area contributed by atoms with Crippen LogP contribution < -0.4 is 5.73 Å². The van der Waals surface area contributed by atoms with Gasteiger partial charge in [-0.05, 0) is 43.4 Å². The minimum Gasteiger partial charge on any atom is -0.376 e. The number of halogens is 1. The van der Waals surface area contributed by atoms with Gasteiger partial charge in [0.15, 0.2) is 0 Å². The maximum atomic E-state index is 6.28. The first kappa shape index (κ1) is 11.9. The fourth-order valence-electron chi connectivity index (χ4n) is 2.27. The van der Waals surface area contributed by atoms with E-state index in [9.17, 15) is 0 Å². The van der Waals surface area contributed by atoms with Crippen LogP contribution in [0.1, 0.15) is 36.4 Å².